The van der Waals surface area contributed by atoms with Crippen molar-refractivity contribution in [2.75, 3.05) is 24.0 Å². The second-order valence-electron chi connectivity index (χ2n) is 11.4. The van der Waals surface area contributed by atoms with Gasteiger partial charge in [-0.3, -0.25) is 13.9 Å². The van der Waals surface area contributed by atoms with Gasteiger partial charge in [0, 0.05) is 24.5 Å². The van der Waals surface area contributed by atoms with Crippen LogP contribution in [-0.2, 0) is 32.6 Å². The first-order valence-corrected chi connectivity index (χ1v) is 17.2. The fraction of sp³-hybridized carbons (Fsp3) is 0.278. The number of nitrogens with zero attached hydrogens (tertiary/aromatic N) is 2. The number of rotatable bonds is 15. The summed E-state index contributed by atoms with van der Waals surface area (Å²) in [6.07, 6.45) is 0.175. The van der Waals surface area contributed by atoms with Crippen molar-refractivity contribution >= 4 is 39.1 Å². The summed E-state index contributed by atoms with van der Waals surface area (Å²) >= 11 is 6.54. The van der Waals surface area contributed by atoms with Crippen LogP contribution in [0.1, 0.15) is 31.9 Å². The third-order valence-corrected chi connectivity index (χ3v) is 9.53. The molecule has 248 valence electrons. The SMILES string of the molecule is CCOc1ccc(N(CC(=O)N(Cc2ccccc2Cl)[C@@H](Cc2ccccc2)C(=O)NCC(C)C)S(=O)(=O)c2ccc(F)cc2)cc1. The fourth-order valence-corrected chi connectivity index (χ4v) is 6.53. The first-order valence-electron chi connectivity index (χ1n) is 15.3. The Morgan fingerprint density at radius 3 is 2.15 bits per heavy atom. The van der Waals surface area contributed by atoms with Crippen molar-refractivity contribution in [1.82, 2.24) is 10.2 Å². The van der Waals surface area contributed by atoms with Crippen LogP contribution >= 0.6 is 11.6 Å². The minimum atomic E-state index is -4.38. The Kier molecular flexibility index (Phi) is 12.4. The monoisotopic (exact) mass is 679 g/mol. The molecule has 47 heavy (non-hydrogen) atoms. The molecule has 1 atom stereocenters. The molecule has 0 saturated carbocycles. The molecule has 0 heterocycles. The lowest BCUT2D eigenvalue weighted by atomic mass is 10.0. The molecule has 4 aromatic rings. The maximum absolute atomic E-state index is 14.5. The maximum Gasteiger partial charge on any atom is 0.264 e. The van der Waals surface area contributed by atoms with Crippen LogP contribution in [0.5, 0.6) is 5.75 Å². The number of benzene rings is 4. The highest BCUT2D eigenvalue weighted by atomic mass is 35.5. The highest BCUT2D eigenvalue weighted by Gasteiger charge is 2.35. The van der Waals surface area contributed by atoms with Crippen LogP contribution in [0.2, 0.25) is 5.02 Å². The number of halogens is 2. The topological polar surface area (TPSA) is 96.0 Å². The van der Waals surface area contributed by atoms with Gasteiger partial charge in [-0.2, -0.15) is 0 Å². The summed E-state index contributed by atoms with van der Waals surface area (Å²) in [6, 6.07) is 25.9. The number of hydrogen-bond acceptors (Lipinski definition) is 5. The predicted molar refractivity (Wildman–Crippen MR) is 182 cm³/mol. The van der Waals surface area contributed by atoms with E-state index in [0.717, 1.165) is 34.1 Å². The van der Waals surface area contributed by atoms with Gasteiger partial charge >= 0.3 is 0 Å². The number of amides is 2. The number of sulfonamides is 1. The number of anilines is 1. The second-order valence-corrected chi connectivity index (χ2v) is 13.6. The van der Waals surface area contributed by atoms with Gasteiger partial charge in [0.25, 0.3) is 10.0 Å². The molecule has 0 aliphatic heterocycles. The van der Waals surface area contributed by atoms with Crippen molar-refractivity contribution in [1.29, 1.82) is 0 Å². The minimum Gasteiger partial charge on any atom is -0.494 e. The third-order valence-electron chi connectivity index (χ3n) is 7.37. The van der Waals surface area contributed by atoms with E-state index in [1.807, 2.05) is 51.1 Å². The highest BCUT2D eigenvalue weighted by Crippen LogP contribution is 2.28. The van der Waals surface area contributed by atoms with Crippen molar-refractivity contribution in [2.45, 2.75) is 44.7 Å². The van der Waals surface area contributed by atoms with Crippen molar-refractivity contribution in [3.8, 4) is 5.75 Å². The number of ether oxygens (including phenoxy) is 1. The number of nitrogens with one attached hydrogen (secondary N) is 1. The van der Waals surface area contributed by atoms with Gasteiger partial charge in [0.2, 0.25) is 11.8 Å². The molecule has 0 radical (unpaired) electrons. The zero-order chi connectivity index (χ0) is 34.0. The van der Waals surface area contributed by atoms with Crippen LogP contribution < -0.4 is 14.4 Å². The Bertz CT molecular complexity index is 1740. The lowest BCUT2D eigenvalue weighted by molar-refractivity contribution is -0.140. The Balaban J connectivity index is 1.80. The van der Waals surface area contributed by atoms with Gasteiger partial charge in [0.15, 0.2) is 0 Å². The lowest BCUT2D eigenvalue weighted by Gasteiger charge is -2.34. The Hall–Kier alpha value is -4.41. The van der Waals surface area contributed by atoms with E-state index in [2.05, 4.69) is 5.32 Å². The molecule has 4 aromatic carbocycles. The fourth-order valence-electron chi connectivity index (χ4n) is 4.92. The number of hydrogen-bond donors (Lipinski definition) is 1. The van der Waals surface area contributed by atoms with Crippen LogP contribution in [0.25, 0.3) is 0 Å². The number of carbonyl (C=O) groups excluding carboxylic acids is 2. The van der Waals surface area contributed by atoms with Gasteiger partial charge < -0.3 is 15.0 Å². The van der Waals surface area contributed by atoms with E-state index in [1.54, 1.807) is 36.4 Å². The van der Waals surface area contributed by atoms with Crippen LogP contribution in [0.15, 0.2) is 108 Å². The summed E-state index contributed by atoms with van der Waals surface area (Å²) in [6.45, 7) is 5.85. The van der Waals surface area contributed by atoms with E-state index in [9.17, 15) is 22.4 Å². The molecule has 2 amide bonds. The molecule has 4 rings (SSSR count). The minimum absolute atomic E-state index is 0.0567. The molecule has 0 aliphatic rings. The maximum atomic E-state index is 14.5. The average Bonchev–Trinajstić information content (AvgIpc) is 3.06. The zero-order valence-electron chi connectivity index (χ0n) is 26.6. The summed E-state index contributed by atoms with van der Waals surface area (Å²) in [7, 11) is -4.38. The van der Waals surface area contributed by atoms with Crippen LogP contribution in [0, 0.1) is 11.7 Å². The Morgan fingerprint density at radius 1 is 0.894 bits per heavy atom. The molecule has 8 nitrogen and oxygen atoms in total. The largest absolute Gasteiger partial charge is 0.494 e. The van der Waals surface area contributed by atoms with Crippen molar-refractivity contribution < 1.29 is 27.1 Å². The normalized spacial score (nSPS) is 12.0. The van der Waals surface area contributed by atoms with E-state index in [-0.39, 0.29) is 35.4 Å². The van der Waals surface area contributed by atoms with Crippen LogP contribution in [-0.4, -0.2) is 50.9 Å². The molecule has 0 aliphatic carbocycles. The van der Waals surface area contributed by atoms with Gasteiger partial charge in [0.1, 0.15) is 24.2 Å². The van der Waals surface area contributed by atoms with Gasteiger partial charge in [-0.15, -0.1) is 0 Å². The van der Waals surface area contributed by atoms with E-state index in [1.165, 1.54) is 17.0 Å². The summed E-state index contributed by atoms with van der Waals surface area (Å²) < 4.78 is 48.5. The molecule has 0 fully saturated rings. The van der Waals surface area contributed by atoms with E-state index in [0.29, 0.717) is 29.5 Å². The standard InChI is InChI=1S/C36H39ClFN3O5S/c1-4-46-31-18-16-30(17-19-31)41(47(44,45)32-20-14-29(38)15-21-32)25-35(42)40(24-28-12-8-9-13-33(28)37)34(36(43)39-23-26(2)3)22-27-10-6-5-7-11-27/h5-21,26,34H,4,22-25H2,1-3H3,(H,39,43)/t34-/m0/s1. The van der Waals surface area contributed by atoms with Crippen molar-refractivity contribution in [3.63, 3.8) is 0 Å². The van der Waals surface area contributed by atoms with Crippen LogP contribution in [0.3, 0.4) is 0 Å². The molecule has 0 unspecified atom stereocenters. The highest BCUT2D eigenvalue weighted by molar-refractivity contribution is 7.92. The molecular weight excluding hydrogens is 641 g/mol. The quantitative estimate of drug-likeness (QED) is 0.155. The lowest BCUT2D eigenvalue weighted by Crippen LogP contribution is -2.53. The summed E-state index contributed by atoms with van der Waals surface area (Å²) in [5.41, 5.74) is 1.59. The molecular formula is C36H39ClFN3O5S. The molecule has 1 N–H and O–H groups in total. The summed E-state index contributed by atoms with van der Waals surface area (Å²) in [4.78, 5) is 29.6. The Morgan fingerprint density at radius 2 is 1.53 bits per heavy atom. The van der Waals surface area contributed by atoms with Crippen molar-refractivity contribution in [3.05, 3.63) is 125 Å². The van der Waals surface area contributed by atoms with Gasteiger partial charge in [0.05, 0.1) is 17.2 Å². The van der Waals surface area contributed by atoms with E-state index >= 15 is 0 Å². The second kappa shape index (κ2) is 16.4. The summed E-state index contributed by atoms with van der Waals surface area (Å²) in [5.74, 6) is -0.941. The number of carbonyl (C=O) groups is 2. The molecule has 0 aromatic heterocycles. The van der Waals surface area contributed by atoms with Crippen LogP contribution in [0.4, 0.5) is 10.1 Å². The van der Waals surface area contributed by atoms with E-state index < -0.39 is 34.3 Å². The molecule has 0 saturated heterocycles. The molecule has 11 heteroatoms. The smallest absolute Gasteiger partial charge is 0.264 e. The molecule has 0 bridgehead atoms. The predicted octanol–water partition coefficient (Wildman–Crippen LogP) is 6.49. The molecule has 0 spiro atoms. The average molecular weight is 680 g/mol. The first kappa shape index (κ1) is 35.4. The zero-order valence-corrected chi connectivity index (χ0v) is 28.2. The van der Waals surface area contributed by atoms with Gasteiger partial charge in [-0.25, -0.2) is 12.8 Å². The Labute approximate surface area is 281 Å². The van der Waals surface area contributed by atoms with Gasteiger partial charge in [-0.1, -0.05) is 74.0 Å². The third kappa shape index (κ3) is 9.56. The first-order chi connectivity index (χ1) is 22.5. The van der Waals surface area contributed by atoms with E-state index in [4.69, 9.17) is 16.3 Å². The van der Waals surface area contributed by atoms with Crippen molar-refractivity contribution in [2.24, 2.45) is 5.92 Å². The summed E-state index contributed by atoms with van der Waals surface area (Å²) in [5, 5.41) is 3.35. The van der Waals surface area contributed by atoms with Gasteiger partial charge in [-0.05, 0) is 78.6 Å².